The molecule has 2 aromatic carbocycles. The summed E-state index contributed by atoms with van der Waals surface area (Å²) in [6.07, 6.45) is -0.749. The number of carbonyl (C=O) groups excluding carboxylic acids is 9. The molecular formula is C44H57B8N4O10PS. The summed E-state index contributed by atoms with van der Waals surface area (Å²) in [5.41, 5.74) is 3.73. The van der Waals surface area contributed by atoms with Gasteiger partial charge in [0.15, 0.2) is 11.3 Å². The van der Waals surface area contributed by atoms with Crippen LogP contribution in [0.25, 0.3) is 11.1 Å². The summed E-state index contributed by atoms with van der Waals surface area (Å²) < 4.78 is 5.77. The number of hydrogen-bond donors (Lipinski definition) is 4. The predicted octanol–water partition coefficient (Wildman–Crippen LogP) is 1.62. The van der Waals surface area contributed by atoms with Gasteiger partial charge in [0.05, 0.1) is 19.5 Å². The molecule has 0 aliphatic heterocycles. The van der Waals surface area contributed by atoms with E-state index in [0.29, 0.717) is 6.42 Å². The van der Waals surface area contributed by atoms with Gasteiger partial charge in [0, 0.05) is 24.7 Å². The second-order valence-corrected chi connectivity index (χ2v) is 22.6. The molecule has 3 rings (SSSR count). The number of fused-ring (bicyclic) bond motifs is 3. The summed E-state index contributed by atoms with van der Waals surface area (Å²) in [5, 5.41) is 9.60. The van der Waals surface area contributed by atoms with Crippen molar-refractivity contribution in [3.63, 3.8) is 0 Å². The number of hydrogen-bond acceptors (Lipinski definition) is 10. The maximum absolute atomic E-state index is 13.8. The summed E-state index contributed by atoms with van der Waals surface area (Å²) in [5.74, 6) is -8.23. The Hall–Kier alpha value is -4.23. The fourth-order valence-corrected chi connectivity index (χ4v) is 9.62. The molecule has 0 heterocycles. The second kappa shape index (κ2) is 28.4. The first-order valence-electron chi connectivity index (χ1n) is 22.6. The van der Waals surface area contributed by atoms with Crippen molar-refractivity contribution < 1.29 is 47.9 Å². The van der Waals surface area contributed by atoms with E-state index in [4.69, 9.17) is 43.3 Å². The monoisotopic (exact) mass is 952 g/mol. The molecule has 348 valence electrons. The van der Waals surface area contributed by atoms with E-state index in [2.05, 4.69) is 21.3 Å². The van der Waals surface area contributed by atoms with E-state index in [1.807, 2.05) is 76.2 Å². The topological polar surface area (TPSA) is 211 Å². The fraction of sp³-hybridized carbons (Fsp3) is 0.523. The Morgan fingerprint density at radius 3 is 1.60 bits per heavy atom. The van der Waals surface area contributed by atoms with Gasteiger partial charge >= 0.3 is 174 Å². The molecule has 4 N–H and O–H groups in total. The Morgan fingerprint density at radius 1 is 0.676 bits per heavy atom. The molecule has 24 heteroatoms. The standard InChI is InChI=1S/C44H57B8N4O10PS/c1-26(2)16-29(43(64)55-23-40(61)67(5)49)18-31(57)21-53-38(59)15-14-28(20-39(60)66-25-37-35-12-8-6-10-33(35)34-11-7-9-13-36(34)37)42(63)54-22-32(58)19-30(17-27(3)4)44(65)56-24-41(62)68(50-45,51-46)52(47)48/h6-13,26-30,37H,14-25H2,1-5H3,(H,53,59)(H,54,63)(H,55,64)(H,56,65). The molecule has 0 aromatic heterocycles. The van der Waals surface area contributed by atoms with E-state index in [1.165, 1.54) is 0 Å². The molecule has 68 heavy (non-hydrogen) atoms. The Kier molecular flexibility index (Phi) is 24.3. The van der Waals surface area contributed by atoms with Crippen LogP contribution in [0.4, 0.5) is 0 Å². The van der Waals surface area contributed by atoms with Crippen LogP contribution in [-0.4, -0.2) is 148 Å². The summed E-state index contributed by atoms with van der Waals surface area (Å²) >= 11 is 0. The molecule has 1 aliphatic rings. The van der Waals surface area contributed by atoms with Gasteiger partial charge < -0.3 is 15.4 Å². The quantitative estimate of drug-likeness (QED) is 0.0551. The minimum absolute atomic E-state index is 0.0114. The average Bonchev–Trinajstić information content (AvgIpc) is 3.61. The number of Topliss-reactive ketones (excluding diaryl/α,β-unsaturated/α-hetero) is 2. The number of ether oxygens (including phenoxy) is 1. The number of carbonyl (C=O) groups is 9. The van der Waals surface area contributed by atoms with Crippen LogP contribution in [0.15, 0.2) is 48.5 Å². The third kappa shape index (κ3) is 17.6. The molecule has 0 spiro atoms. The van der Waals surface area contributed by atoms with Gasteiger partial charge in [0.2, 0.25) is 11.8 Å². The van der Waals surface area contributed by atoms with E-state index in [1.54, 1.807) is 6.66 Å². The van der Waals surface area contributed by atoms with Crippen LogP contribution in [0.5, 0.6) is 0 Å². The van der Waals surface area contributed by atoms with Gasteiger partial charge in [-0.3, -0.25) is 24.0 Å². The summed E-state index contributed by atoms with van der Waals surface area (Å²) in [6.45, 7) is 7.39. The van der Waals surface area contributed by atoms with Crippen LogP contribution in [0.3, 0.4) is 0 Å². The first-order chi connectivity index (χ1) is 32.1. The minimum atomic E-state index is -2.74. The zero-order valence-electron chi connectivity index (χ0n) is 39.6. The molecule has 10 radical (unpaired) electrons. The van der Waals surface area contributed by atoms with Crippen LogP contribution < -0.4 is 21.3 Å². The van der Waals surface area contributed by atoms with Gasteiger partial charge in [-0.15, -0.1) is 0 Å². The van der Waals surface area contributed by atoms with E-state index >= 15 is 0 Å². The fourth-order valence-electron chi connectivity index (χ4n) is 7.91. The van der Waals surface area contributed by atoms with Crippen LogP contribution in [0.2, 0.25) is 0 Å². The van der Waals surface area contributed by atoms with Crippen molar-refractivity contribution in [2.24, 2.45) is 29.6 Å². The molecule has 2 aromatic rings. The number of benzene rings is 2. The van der Waals surface area contributed by atoms with Gasteiger partial charge in [-0.2, -0.15) is 0 Å². The van der Waals surface area contributed by atoms with Gasteiger partial charge in [-0.1, -0.05) is 70.2 Å². The molecule has 1 aliphatic carbocycles. The van der Waals surface area contributed by atoms with Gasteiger partial charge in [-0.05, 0) is 47.7 Å². The first-order valence-corrected chi connectivity index (χ1v) is 26.3. The molecule has 0 bridgehead atoms. The maximum atomic E-state index is 13.8. The van der Waals surface area contributed by atoms with Crippen molar-refractivity contribution in [1.82, 2.24) is 21.3 Å². The Bertz CT molecular complexity index is 2250. The first kappa shape index (κ1) is 58.1. The van der Waals surface area contributed by atoms with Crippen molar-refractivity contribution in [2.75, 3.05) is 39.5 Å². The Balaban J connectivity index is 1.69. The van der Waals surface area contributed by atoms with Crippen LogP contribution in [-0.2, 0) is 47.9 Å². The molecular weight excluding hydrogens is 894 g/mol. The zero-order valence-corrected chi connectivity index (χ0v) is 41.3. The van der Waals surface area contributed by atoms with Crippen LogP contribution in [0, 0.1) is 29.6 Å². The normalized spacial score (nSPS) is 13.6. The Morgan fingerprint density at radius 2 is 1.13 bits per heavy atom. The molecule has 0 saturated carbocycles. The van der Waals surface area contributed by atoms with Crippen molar-refractivity contribution in [3.8, 4) is 11.1 Å². The van der Waals surface area contributed by atoms with E-state index < -0.39 is 112 Å². The van der Waals surface area contributed by atoms with Crippen LogP contribution in [0.1, 0.15) is 89.7 Å². The number of ketones is 2. The van der Waals surface area contributed by atoms with Crippen molar-refractivity contribution in [1.29, 1.82) is 0 Å². The number of amides is 4. The zero-order chi connectivity index (χ0) is 50.7. The molecule has 4 unspecified atom stereocenters. The van der Waals surface area contributed by atoms with E-state index in [-0.39, 0.29) is 68.5 Å². The summed E-state index contributed by atoms with van der Waals surface area (Å²) in [7, 11) is 24.4. The third-order valence-corrected chi connectivity index (χ3v) is 15.2. The van der Waals surface area contributed by atoms with E-state index in [9.17, 15) is 43.2 Å². The molecule has 0 saturated heterocycles. The number of rotatable bonds is 28. The van der Waals surface area contributed by atoms with Crippen molar-refractivity contribution in [3.05, 3.63) is 59.7 Å². The van der Waals surface area contributed by atoms with E-state index in [0.717, 1.165) is 34.3 Å². The number of nitrogens with one attached hydrogen (secondary N) is 4. The molecule has 14 nitrogen and oxygen atoms in total. The predicted molar refractivity (Wildman–Crippen MR) is 276 cm³/mol. The molecule has 4 atom stereocenters. The van der Waals surface area contributed by atoms with Gasteiger partial charge in [0.1, 0.15) is 14.2 Å². The number of esters is 1. The van der Waals surface area contributed by atoms with Crippen LogP contribution >= 0.6 is 16.5 Å². The SMILES string of the molecule is [B]B=S(=B[B])(B([B])[B])C(=O)CNC(=O)C(CC(=O)CNC(=O)C(CCC(=O)NCC(=O)CC(CC(C)C)C(=O)NCC(=O)P([B])C)CC(=O)OCC1c2ccccc2-c2ccccc21)CC(C)C. The summed E-state index contributed by atoms with van der Waals surface area (Å²) in [4.78, 5) is 118. The molecule has 4 amide bonds. The Labute approximate surface area is 410 Å². The van der Waals surface area contributed by atoms with Crippen molar-refractivity contribution in [2.45, 2.75) is 78.6 Å². The van der Waals surface area contributed by atoms with Gasteiger partial charge in [0.25, 0.3) is 0 Å². The second-order valence-electron chi connectivity index (χ2n) is 17.8. The average molecular weight is 951 g/mol. The van der Waals surface area contributed by atoms with Crippen molar-refractivity contribution >= 4 is 125 Å². The molecule has 0 fully saturated rings. The summed E-state index contributed by atoms with van der Waals surface area (Å²) in [6, 6.07) is 17.7. The third-order valence-electron chi connectivity index (χ3n) is 11.5. The van der Waals surface area contributed by atoms with Gasteiger partial charge in [-0.25, -0.2) is 0 Å².